The topological polar surface area (TPSA) is 51.8 Å². The molecule has 1 spiro atoms. The summed E-state index contributed by atoms with van der Waals surface area (Å²) in [6.45, 7) is 0. The highest BCUT2D eigenvalue weighted by Gasteiger charge is 2.50. The molecule has 1 aliphatic heterocycles. The van der Waals surface area contributed by atoms with Crippen LogP contribution < -0.4 is 0 Å². The third-order valence-corrected chi connectivity index (χ3v) is 12.8. The SMILES string of the molecule is c1ccc(-c2nc(-c3ccc(-c4cccc5c4oc4ccccc45)cc3)nc(-c3ccc4c(c3)C3(c5ccccc5S4)c4ccccc4-c4ccccc43)n2)cc1. The minimum atomic E-state index is -0.489. The van der Waals surface area contributed by atoms with Crippen LogP contribution in [-0.2, 0) is 5.41 Å². The van der Waals surface area contributed by atoms with Gasteiger partial charge in [0.2, 0.25) is 0 Å². The Morgan fingerprint density at radius 1 is 0.368 bits per heavy atom. The van der Waals surface area contributed by atoms with Crippen LogP contribution in [-0.4, -0.2) is 15.0 Å². The van der Waals surface area contributed by atoms with Crippen LogP contribution in [0.3, 0.4) is 0 Å². The van der Waals surface area contributed by atoms with Crippen LogP contribution in [0.25, 0.3) is 78.4 Å². The highest BCUT2D eigenvalue weighted by Crippen LogP contribution is 2.62. The molecule has 0 bridgehead atoms. The molecule has 1 aliphatic carbocycles. The lowest BCUT2D eigenvalue weighted by Gasteiger charge is -2.39. The summed E-state index contributed by atoms with van der Waals surface area (Å²) in [5, 5.41) is 2.23. The maximum absolute atomic E-state index is 6.38. The van der Waals surface area contributed by atoms with Gasteiger partial charge in [-0.3, -0.25) is 0 Å². The summed E-state index contributed by atoms with van der Waals surface area (Å²) in [6, 6.07) is 66.7. The van der Waals surface area contributed by atoms with E-state index in [1.165, 1.54) is 43.2 Å². The molecule has 4 nitrogen and oxygen atoms in total. The van der Waals surface area contributed by atoms with Crippen molar-refractivity contribution < 1.29 is 4.42 Å². The zero-order chi connectivity index (χ0) is 37.5. The second-order valence-electron chi connectivity index (χ2n) is 14.7. The number of rotatable bonds is 4. The fourth-order valence-electron chi connectivity index (χ4n) is 9.12. The quantitative estimate of drug-likeness (QED) is 0.180. The van der Waals surface area contributed by atoms with Crippen LogP contribution in [0.1, 0.15) is 22.3 Å². The maximum atomic E-state index is 6.38. The normalized spacial score (nSPS) is 13.3. The Labute approximate surface area is 333 Å². The Morgan fingerprint density at radius 3 is 1.65 bits per heavy atom. The van der Waals surface area contributed by atoms with Crippen LogP contribution in [0.2, 0.25) is 0 Å². The lowest BCUT2D eigenvalue weighted by molar-refractivity contribution is 0.670. The first-order valence-corrected chi connectivity index (χ1v) is 20.0. The number of nitrogens with zero attached hydrogens (tertiary/aromatic N) is 3. The lowest BCUT2D eigenvalue weighted by Crippen LogP contribution is -2.32. The second-order valence-corrected chi connectivity index (χ2v) is 15.8. The van der Waals surface area contributed by atoms with E-state index >= 15 is 0 Å². The number of benzene rings is 8. The molecular formula is C52H31N3OS. The molecule has 2 aromatic heterocycles. The second kappa shape index (κ2) is 12.5. The average molecular weight is 746 g/mol. The van der Waals surface area contributed by atoms with Gasteiger partial charge in [-0.05, 0) is 63.2 Å². The summed E-state index contributed by atoms with van der Waals surface area (Å²) in [7, 11) is 0. The Morgan fingerprint density at radius 2 is 0.895 bits per heavy atom. The van der Waals surface area contributed by atoms with Crippen molar-refractivity contribution in [2.24, 2.45) is 0 Å². The Hall–Kier alpha value is -7.08. The highest BCUT2D eigenvalue weighted by atomic mass is 32.2. The van der Waals surface area contributed by atoms with Crippen molar-refractivity contribution in [2.75, 3.05) is 0 Å². The minimum Gasteiger partial charge on any atom is -0.455 e. The summed E-state index contributed by atoms with van der Waals surface area (Å²) in [5.74, 6) is 1.89. The van der Waals surface area contributed by atoms with Crippen LogP contribution >= 0.6 is 11.8 Å². The Kier molecular flexibility index (Phi) is 7.04. The van der Waals surface area contributed by atoms with E-state index in [0.717, 1.165) is 49.8 Å². The van der Waals surface area contributed by atoms with E-state index < -0.39 is 5.41 Å². The standard InChI is InChI=1S/C52H31N3OS/c1-2-13-33(14-3-1)49-53-50(34-27-25-32(26-28-34)36-18-12-19-40-39-17-6-10-23-45(39)56-48(36)40)55-51(54-49)35-29-30-47-44(31-35)52(43-22-9-11-24-46(43)57-47)41-20-7-4-15-37(41)38-16-5-8-21-42(38)52/h1-31H. The molecule has 0 fully saturated rings. The van der Waals surface area contributed by atoms with Gasteiger partial charge in [0.25, 0.3) is 0 Å². The third kappa shape index (κ3) is 4.79. The molecule has 10 aromatic rings. The van der Waals surface area contributed by atoms with Crippen molar-refractivity contribution in [2.45, 2.75) is 15.2 Å². The number of fused-ring (bicyclic) bond motifs is 12. The van der Waals surface area contributed by atoms with Gasteiger partial charge >= 0.3 is 0 Å². The van der Waals surface area contributed by atoms with Gasteiger partial charge in [0.1, 0.15) is 11.2 Å². The van der Waals surface area contributed by atoms with Gasteiger partial charge in [0.05, 0.1) is 5.41 Å². The predicted octanol–water partition coefficient (Wildman–Crippen LogP) is 13.3. The van der Waals surface area contributed by atoms with E-state index in [4.69, 9.17) is 19.4 Å². The van der Waals surface area contributed by atoms with Crippen LogP contribution in [0.15, 0.2) is 202 Å². The largest absolute Gasteiger partial charge is 0.455 e. The molecule has 0 amide bonds. The monoisotopic (exact) mass is 745 g/mol. The lowest BCUT2D eigenvalue weighted by atomic mass is 9.67. The van der Waals surface area contributed by atoms with Gasteiger partial charge in [-0.15, -0.1) is 0 Å². The van der Waals surface area contributed by atoms with Crippen molar-refractivity contribution in [1.29, 1.82) is 0 Å². The van der Waals surface area contributed by atoms with Crippen molar-refractivity contribution in [3.63, 3.8) is 0 Å². The molecule has 0 radical (unpaired) electrons. The number of para-hydroxylation sites is 2. The van der Waals surface area contributed by atoms with E-state index in [0.29, 0.717) is 17.5 Å². The molecule has 2 aliphatic rings. The number of hydrogen-bond donors (Lipinski definition) is 0. The summed E-state index contributed by atoms with van der Waals surface area (Å²) in [6.07, 6.45) is 0. The first-order valence-electron chi connectivity index (χ1n) is 19.2. The molecule has 266 valence electrons. The zero-order valence-electron chi connectivity index (χ0n) is 30.6. The summed E-state index contributed by atoms with van der Waals surface area (Å²) in [4.78, 5) is 18.0. The number of furan rings is 1. The molecule has 0 saturated heterocycles. The first-order chi connectivity index (χ1) is 28.2. The minimum absolute atomic E-state index is 0.489. The molecule has 5 heteroatoms. The van der Waals surface area contributed by atoms with Crippen molar-refractivity contribution in [1.82, 2.24) is 15.0 Å². The predicted molar refractivity (Wildman–Crippen MR) is 230 cm³/mol. The van der Waals surface area contributed by atoms with Crippen molar-refractivity contribution >= 4 is 33.7 Å². The molecule has 57 heavy (non-hydrogen) atoms. The molecule has 12 rings (SSSR count). The summed E-state index contributed by atoms with van der Waals surface area (Å²) < 4.78 is 6.38. The number of aromatic nitrogens is 3. The van der Waals surface area contributed by atoms with Gasteiger partial charge in [-0.1, -0.05) is 176 Å². The van der Waals surface area contributed by atoms with Gasteiger partial charge in [0.15, 0.2) is 17.5 Å². The van der Waals surface area contributed by atoms with Crippen molar-refractivity contribution in [3.8, 4) is 56.4 Å². The van der Waals surface area contributed by atoms with E-state index in [-0.39, 0.29) is 0 Å². The van der Waals surface area contributed by atoms with Crippen LogP contribution in [0.5, 0.6) is 0 Å². The van der Waals surface area contributed by atoms with E-state index in [2.05, 4.69) is 158 Å². The fraction of sp³-hybridized carbons (Fsp3) is 0.0192. The maximum Gasteiger partial charge on any atom is 0.164 e. The van der Waals surface area contributed by atoms with Gasteiger partial charge in [0, 0.05) is 42.8 Å². The molecule has 0 N–H and O–H groups in total. The Balaban J connectivity index is 1.03. The molecule has 0 unspecified atom stereocenters. The van der Waals surface area contributed by atoms with E-state index in [9.17, 15) is 0 Å². The molecule has 0 atom stereocenters. The highest BCUT2D eigenvalue weighted by molar-refractivity contribution is 7.99. The molecular weight excluding hydrogens is 715 g/mol. The fourth-order valence-corrected chi connectivity index (χ4v) is 10.3. The third-order valence-electron chi connectivity index (χ3n) is 11.6. The number of hydrogen-bond acceptors (Lipinski definition) is 5. The van der Waals surface area contributed by atoms with E-state index in [1.807, 2.05) is 42.1 Å². The summed E-state index contributed by atoms with van der Waals surface area (Å²) >= 11 is 1.84. The van der Waals surface area contributed by atoms with Gasteiger partial charge < -0.3 is 4.42 Å². The smallest absolute Gasteiger partial charge is 0.164 e. The first kappa shape index (κ1) is 32.2. The zero-order valence-corrected chi connectivity index (χ0v) is 31.4. The van der Waals surface area contributed by atoms with Gasteiger partial charge in [-0.25, -0.2) is 15.0 Å². The molecule has 0 saturated carbocycles. The Bertz CT molecular complexity index is 3180. The van der Waals surface area contributed by atoms with Gasteiger partial charge in [-0.2, -0.15) is 0 Å². The van der Waals surface area contributed by atoms with Crippen LogP contribution in [0.4, 0.5) is 0 Å². The average Bonchev–Trinajstić information content (AvgIpc) is 3.81. The molecule has 8 aromatic carbocycles. The van der Waals surface area contributed by atoms with Crippen molar-refractivity contribution in [3.05, 3.63) is 210 Å². The van der Waals surface area contributed by atoms with Crippen LogP contribution in [0, 0.1) is 0 Å². The van der Waals surface area contributed by atoms with E-state index in [1.54, 1.807) is 0 Å². The molecule has 3 heterocycles. The summed E-state index contributed by atoms with van der Waals surface area (Å²) in [5.41, 5.74) is 13.9.